The number of rotatable bonds is 4. The number of likely N-dealkylation sites (N-methyl/N-ethyl adjacent to an activating group) is 1. The zero-order chi connectivity index (χ0) is 20.1. The van der Waals surface area contributed by atoms with E-state index in [0.717, 1.165) is 49.4 Å². The van der Waals surface area contributed by atoms with Crippen LogP contribution >= 0.6 is 0 Å². The first kappa shape index (κ1) is 19.6. The van der Waals surface area contributed by atoms with Crippen molar-refractivity contribution in [1.29, 1.82) is 0 Å². The number of anilines is 1. The van der Waals surface area contributed by atoms with Gasteiger partial charge < -0.3 is 19.8 Å². The Balaban J connectivity index is 1.50. The number of piperidine rings is 1. The van der Waals surface area contributed by atoms with Crippen LogP contribution in [0.2, 0.25) is 0 Å². The number of aryl methyl sites for hydroxylation is 1. The molecule has 3 fully saturated rings. The van der Waals surface area contributed by atoms with Crippen molar-refractivity contribution in [3.63, 3.8) is 0 Å². The summed E-state index contributed by atoms with van der Waals surface area (Å²) < 4.78 is 0. The lowest BCUT2D eigenvalue weighted by Gasteiger charge is -2.38. The van der Waals surface area contributed by atoms with E-state index in [-0.39, 0.29) is 5.91 Å². The van der Waals surface area contributed by atoms with Gasteiger partial charge in [-0.05, 0) is 66.0 Å². The zero-order valence-corrected chi connectivity index (χ0v) is 17.6. The fourth-order valence-corrected chi connectivity index (χ4v) is 4.64. The van der Waals surface area contributed by atoms with Gasteiger partial charge in [0.15, 0.2) is 0 Å². The Bertz CT molecular complexity index is 753. The van der Waals surface area contributed by atoms with Gasteiger partial charge in [0, 0.05) is 43.5 Å². The van der Waals surface area contributed by atoms with Crippen molar-refractivity contribution in [2.75, 3.05) is 45.2 Å². The minimum atomic E-state index is -0.567. The molecule has 3 aliphatic rings. The Morgan fingerprint density at radius 1 is 1.11 bits per heavy atom. The molecule has 0 spiro atoms. The van der Waals surface area contributed by atoms with Crippen molar-refractivity contribution in [2.24, 2.45) is 5.92 Å². The van der Waals surface area contributed by atoms with E-state index < -0.39 is 5.60 Å². The molecule has 1 aromatic heterocycles. The highest BCUT2D eigenvalue weighted by atomic mass is 16.3. The molecule has 7 heteroatoms. The van der Waals surface area contributed by atoms with Crippen LogP contribution in [0.1, 0.15) is 54.0 Å². The summed E-state index contributed by atoms with van der Waals surface area (Å²) in [5.41, 5.74) is 1.36. The first-order valence-corrected chi connectivity index (χ1v) is 10.6. The predicted octanol–water partition coefficient (Wildman–Crippen LogP) is 1.61. The molecule has 0 radical (unpaired) electrons. The highest BCUT2D eigenvalue weighted by molar-refractivity contribution is 5.91. The third-order valence-corrected chi connectivity index (χ3v) is 7.00. The molecule has 0 aromatic carbocycles. The fraction of sp³-hybridized carbons (Fsp3) is 0.762. The number of hydrogen-bond donors (Lipinski definition) is 1. The molecule has 1 amide bonds. The molecule has 2 saturated heterocycles. The fourth-order valence-electron chi connectivity index (χ4n) is 4.64. The molecule has 1 saturated carbocycles. The quantitative estimate of drug-likeness (QED) is 0.846. The van der Waals surface area contributed by atoms with E-state index >= 15 is 0 Å². The van der Waals surface area contributed by atoms with Gasteiger partial charge in [-0.3, -0.25) is 4.79 Å². The largest absolute Gasteiger partial charge is 0.389 e. The van der Waals surface area contributed by atoms with Gasteiger partial charge in [-0.25, -0.2) is 9.97 Å². The second-order valence-corrected chi connectivity index (χ2v) is 9.10. The Hall–Kier alpha value is -1.73. The van der Waals surface area contributed by atoms with Crippen LogP contribution in [0.15, 0.2) is 0 Å². The van der Waals surface area contributed by atoms with E-state index in [1.807, 2.05) is 18.7 Å². The molecule has 4 rings (SSSR count). The lowest BCUT2D eigenvalue weighted by atomic mass is 9.86. The van der Waals surface area contributed by atoms with Gasteiger partial charge in [0.25, 0.3) is 5.91 Å². The molecular formula is C21H33N5O2. The van der Waals surface area contributed by atoms with Gasteiger partial charge >= 0.3 is 0 Å². The molecule has 1 N–H and O–H groups in total. The number of aromatic nitrogens is 2. The summed E-state index contributed by atoms with van der Waals surface area (Å²) in [6.07, 6.45) is 4.68. The second kappa shape index (κ2) is 7.26. The number of carbonyl (C=O) groups is 1. The summed E-state index contributed by atoms with van der Waals surface area (Å²) in [7, 11) is 4.22. The topological polar surface area (TPSA) is 72.8 Å². The van der Waals surface area contributed by atoms with Crippen LogP contribution in [0.5, 0.6) is 0 Å². The van der Waals surface area contributed by atoms with Crippen molar-refractivity contribution in [3.05, 3.63) is 17.1 Å². The third kappa shape index (κ3) is 3.62. The van der Waals surface area contributed by atoms with Gasteiger partial charge in [0.05, 0.1) is 5.60 Å². The number of carbonyl (C=O) groups excluding carboxylic acids is 1. The molecule has 2 aliphatic heterocycles. The lowest BCUT2D eigenvalue weighted by molar-refractivity contribution is -0.0341. The molecule has 0 bridgehead atoms. The standard InChI is InChI=1S/C21H33N5O2/c1-14-15(2)22-18(23-19(14)26-10-7-17(13-26)24(3)4)20(27)25-11-8-21(28,9-12-25)16-5-6-16/h16-17,28H,5-13H2,1-4H3/t17-/m1/s1. The molecule has 1 atom stereocenters. The first-order valence-electron chi connectivity index (χ1n) is 10.6. The van der Waals surface area contributed by atoms with E-state index in [1.54, 1.807) is 0 Å². The Morgan fingerprint density at radius 3 is 2.36 bits per heavy atom. The molecule has 7 nitrogen and oxygen atoms in total. The van der Waals surface area contributed by atoms with E-state index in [0.29, 0.717) is 43.7 Å². The molecule has 1 aliphatic carbocycles. The van der Waals surface area contributed by atoms with Crippen molar-refractivity contribution in [2.45, 2.75) is 57.6 Å². The number of likely N-dealkylation sites (tertiary alicyclic amines) is 1. The molecule has 3 heterocycles. The normalized spacial score (nSPS) is 24.9. The molecular weight excluding hydrogens is 354 g/mol. The van der Waals surface area contributed by atoms with Gasteiger partial charge in [0.1, 0.15) is 5.82 Å². The average Bonchev–Trinajstić information content (AvgIpc) is 3.42. The maximum atomic E-state index is 13.1. The second-order valence-electron chi connectivity index (χ2n) is 9.10. The van der Waals surface area contributed by atoms with E-state index in [9.17, 15) is 9.90 Å². The molecule has 1 aromatic rings. The van der Waals surface area contributed by atoms with Gasteiger partial charge in [-0.15, -0.1) is 0 Å². The van der Waals surface area contributed by atoms with Crippen LogP contribution in [0.3, 0.4) is 0 Å². The van der Waals surface area contributed by atoms with Crippen LogP contribution in [-0.2, 0) is 0 Å². The van der Waals surface area contributed by atoms with Crippen molar-refractivity contribution < 1.29 is 9.90 Å². The molecule has 28 heavy (non-hydrogen) atoms. The summed E-state index contributed by atoms with van der Waals surface area (Å²) in [5, 5.41) is 10.7. The summed E-state index contributed by atoms with van der Waals surface area (Å²) in [6.45, 7) is 7.05. The molecule has 154 valence electrons. The molecule has 0 unspecified atom stereocenters. The Kier molecular flexibility index (Phi) is 5.08. The predicted molar refractivity (Wildman–Crippen MR) is 109 cm³/mol. The van der Waals surface area contributed by atoms with E-state index in [4.69, 9.17) is 4.98 Å². The summed E-state index contributed by atoms with van der Waals surface area (Å²) in [4.78, 5) is 28.7. The highest BCUT2D eigenvalue weighted by Gasteiger charge is 2.46. The van der Waals surface area contributed by atoms with Crippen LogP contribution < -0.4 is 4.90 Å². The maximum absolute atomic E-state index is 13.1. The smallest absolute Gasteiger partial charge is 0.291 e. The number of amides is 1. The van der Waals surface area contributed by atoms with E-state index in [1.165, 1.54) is 0 Å². The lowest BCUT2D eigenvalue weighted by Crippen LogP contribution is -2.48. The SMILES string of the molecule is Cc1nc(C(=O)N2CCC(O)(C3CC3)CC2)nc(N2CC[C@@H](N(C)C)C2)c1C. The number of hydrogen-bond acceptors (Lipinski definition) is 6. The maximum Gasteiger partial charge on any atom is 0.291 e. The van der Waals surface area contributed by atoms with Crippen molar-refractivity contribution >= 4 is 11.7 Å². The number of nitrogens with zero attached hydrogens (tertiary/aromatic N) is 5. The summed E-state index contributed by atoms with van der Waals surface area (Å²) in [5.74, 6) is 1.52. The minimum absolute atomic E-state index is 0.106. The third-order valence-electron chi connectivity index (χ3n) is 7.00. The van der Waals surface area contributed by atoms with E-state index in [2.05, 4.69) is 28.9 Å². The number of aliphatic hydroxyl groups is 1. The Labute approximate surface area is 167 Å². The van der Waals surface area contributed by atoms with Crippen molar-refractivity contribution in [3.8, 4) is 0 Å². The Morgan fingerprint density at radius 2 is 1.79 bits per heavy atom. The highest BCUT2D eigenvalue weighted by Crippen LogP contribution is 2.45. The zero-order valence-electron chi connectivity index (χ0n) is 17.6. The summed E-state index contributed by atoms with van der Waals surface area (Å²) >= 11 is 0. The van der Waals surface area contributed by atoms with Gasteiger partial charge in [0.2, 0.25) is 5.82 Å². The van der Waals surface area contributed by atoms with Crippen LogP contribution in [-0.4, -0.2) is 82.7 Å². The monoisotopic (exact) mass is 387 g/mol. The average molecular weight is 388 g/mol. The van der Waals surface area contributed by atoms with Crippen LogP contribution in [0.4, 0.5) is 5.82 Å². The first-order chi connectivity index (χ1) is 13.3. The van der Waals surface area contributed by atoms with Gasteiger partial charge in [-0.2, -0.15) is 0 Å². The summed E-state index contributed by atoms with van der Waals surface area (Å²) in [6, 6.07) is 0.510. The van der Waals surface area contributed by atoms with Crippen LogP contribution in [0.25, 0.3) is 0 Å². The van der Waals surface area contributed by atoms with Crippen LogP contribution in [0, 0.1) is 19.8 Å². The van der Waals surface area contributed by atoms with Gasteiger partial charge in [-0.1, -0.05) is 0 Å². The minimum Gasteiger partial charge on any atom is -0.389 e. The van der Waals surface area contributed by atoms with Crippen molar-refractivity contribution in [1.82, 2.24) is 19.8 Å².